The quantitative estimate of drug-likeness (QED) is 0.435. The summed E-state index contributed by atoms with van der Waals surface area (Å²) in [6.07, 6.45) is 0. The Bertz CT molecular complexity index is 217. The van der Waals surface area contributed by atoms with Crippen LogP contribution in [0.15, 0.2) is 0 Å². The van der Waals surface area contributed by atoms with Gasteiger partial charge in [-0.2, -0.15) is 0 Å². The first-order chi connectivity index (χ1) is 4.94. The lowest BCUT2D eigenvalue weighted by Crippen LogP contribution is -2.63. The number of alkyl halides is 2. The topological polar surface area (TPSA) is 58.2 Å². The SMILES string of the molecule is CC1(Cl)C(=O)NC(=O)NC1Cl. The van der Waals surface area contributed by atoms with Gasteiger partial charge in [0.05, 0.1) is 0 Å². The Kier molecular flexibility index (Phi) is 1.98. The van der Waals surface area contributed by atoms with Crippen LogP contribution in [0.3, 0.4) is 0 Å². The molecule has 1 aliphatic heterocycles. The molecule has 3 amide bonds. The normalized spacial score (nSPS) is 37.9. The average Bonchev–Trinajstić information content (AvgIpc) is 1.84. The molecule has 6 heteroatoms. The van der Waals surface area contributed by atoms with Gasteiger partial charge in [0.1, 0.15) is 5.50 Å². The van der Waals surface area contributed by atoms with Crippen molar-refractivity contribution in [3.05, 3.63) is 0 Å². The predicted molar refractivity (Wildman–Crippen MR) is 40.6 cm³/mol. The van der Waals surface area contributed by atoms with Gasteiger partial charge in [0.2, 0.25) is 0 Å². The smallest absolute Gasteiger partial charge is 0.319 e. The van der Waals surface area contributed by atoms with E-state index in [9.17, 15) is 9.59 Å². The first-order valence-corrected chi connectivity index (χ1v) is 3.71. The average molecular weight is 197 g/mol. The van der Waals surface area contributed by atoms with Crippen LogP contribution >= 0.6 is 23.2 Å². The number of nitrogens with one attached hydrogen (secondary N) is 2. The third-order valence-corrected chi connectivity index (χ3v) is 2.45. The molecule has 1 aliphatic rings. The molecule has 0 bridgehead atoms. The highest BCUT2D eigenvalue weighted by molar-refractivity contribution is 6.42. The Hall–Kier alpha value is -0.480. The molecule has 2 unspecified atom stereocenters. The van der Waals surface area contributed by atoms with E-state index in [0.29, 0.717) is 0 Å². The van der Waals surface area contributed by atoms with E-state index in [4.69, 9.17) is 23.2 Å². The number of urea groups is 1. The second kappa shape index (κ2) is 2.53. The van der Waals surface area contributed by atoms with Gasteiger partial charge < -0.3 is 5.32 Å². The Morgan fingerprint density at radius 1 is 1.55 bits per heavy atom. The number of halogens is 2. The van der Waals surface area contributed by atoms with Crippen molar-refractivity contribution in [1.29, 1.82) is 0 Å². The van der Waals surface area contributed by atoms with E-state index in [1.54, 1.807) is 0 Å². The van der Waals surface area contributed by atoms with Gasteiger partial charge >= 0.3 is 6.03 Å². The molecule has 0 aromatic rings. The van der Waals surface area contributed by atoms with E-state index in [2.05, 4.69) is 5.32 Å². The molecular weight excluding hydrogens is 191 g/mol. The lowest BCUT2D eigenvalue weighted by Gasteiger charge is -2.30. The van der Waals surface area contributed by atoms with E-state index < -0.39 is 22.3 Å². The Morgan fingerprint density at radius 2 is 2.09 bits per heavy atom. The molecule has 2 N–H and O–H groups in total. The zero-order chi connectivity index (χ0) is 8.65. The standard InChI is InChI=1S/C5H6Cl2N2O2/c1-5(7)2(6)8-4(11)9-3(5)10/h2H,1H3,(H2,8,9,10,11). The summed E-state index contributed by atoms with van der Waals surface area (Å²) < 4.78 is 0. The van der Waals surface area contributed by atoms with Crippen LogP contribution in [-0.4, -0.2) is 22.3 Å². The van der Waals surface area contributed by atoms with Crippen molar-refractivity contribution in [2.24, 2.45) is 0 Å². The van der Waals surface area contributed by atoms with Gasteiger partial charge in [-0.15, -0.1) is 11.6 Å². The fourth-order valence-electron chi connectivity index (χ4n) is 0.627. The molecule has 1 saturated heterocycles. The van der Waals surface area contributed by atoms with Gasteiger partial charge in [0.15, 0.2) is 4.87 Å². The van der Waals surface area contributed by atoms with Gasteiger partial charge in [0.25, 0.3) is 5.91 Å². The van der Waals surface area contributed by atoms with Crippen LogP contribution in [0.5, 0.6) is 0 Å². The van der Waals surface area contributed by atoms with Crippen molar-refractivity contribution in [3.63, 3.8) is 0 Å². The lowest BCUT2D eigenvalue weighted by atomic mass is 10.1. The molecule has 2 atom stereocenters. The molecule has 1 heterocycles. The number of hydrogen-bond acceptors (Lipinski definition) is 2. The van der Waals surface area contributed by atoms with Crippen LogP contribution in [0.25, 0.3) is 0 Å². The number of imide groups is 1. The van der Waals surface area contributed by atoms with E-state index in [-0.39, 0.29) is 0 Å². The molecule has 0 aliphatic carbocycles. The van der Waals surface area contributed by atoms with E-state index >= 15 is 0 Å². The van der Waals surface area contributed by atoms with Crippen molar-refractivity contribution >= 4 is 35.1 Å². The number of rotatable bonds is 0. The van der Waals surface area contributed by atoms with Gasteiger partial charge in [-0.05, 0) is 6.92 Å². The Morgan fingerprint density at radius 3 is 2.55 bits per heavy atom. The van der Waals surface area contributed by atoms with Gasteiger partial charge in [-0.3, -0.25) is 10.1 Å². The number of hydrogen-bond donors (Lipinski definition) is 2. The largest absolute Gasteiger partial charge is 0.322 e. The van der Waals surface area contributed by atoms with Gasteiger partial charge in [-0.25, -0.2) is 4.79 Å². The van der Waals surface area contributed by atoms with E-state index in [1.165, 1.54) is 6.92 Å². The minimum absolute atomic E-state index is 0.581. The molecule has 0 aromatic carbocycles. The highest BCUT2D eigenvalue weighted by atomic mass is 35.5. The Balaban J connectivity index is 2.84. The van der Waals surface area contributed by atoms with Crippen molar-refractivity contribution < 1.29 is 9.59 Å². The molecule has 0 aromatic heterocycles. The van der Waals surface area contributed by atoms with Gasteiger partial charge in [-0.1, -0.05) is 11.6 Å². The molecule has 1 rings (SSSR count). The first kappa shape index (κ1) is 8.62. The second-order valence-electron chi connectivity index (χ2n) is 2.37. The molecule has 0 radical (unpaired) electrons. The number of carbonyl (C=O) groups is 2. The summed E-state index contributed by atoms with van der Waals surface area (Å²) in [6.45, 7) is 1.43. The summed E-state index contributed by atoms with van der Waals surface area (Å²) in [4.78, 5) is 20.3. The van der Waals surface area contributed by atoms with Crippen LogP contribution in [0.2, 0.25) is 0 Å². The van der Waals surface area contributed by atoms with Crippen molar-refractivity contribution in [1.82, 2.24) is 10.6 Å². The minimum atomic E-state index is -1.27. The monoisotopic (exact) mass is 196 g/mol. The summed E-state index contributed by atoms with van der Waals surface area (Å²) in [5, 5.41) is 4.26. The third kappa shape index (κ3) is 1.41. The summed E-state index contributed by atoms with van der Waals surface area (Å²) >= 11 is 11.3. The fraction of sp³-hybridized carbons (Fsp3) is 0.600. The summed E-state index contributed by atoms with van der Waals surface area (Å²) in [5.41, 5.74) is -0.870. The maximum atomic E-state index is 10.9. The molecular formula is C5H6Cl2N2O2. The summed E-state index contributed by atoms with van der Waals surface area (Å²) in [6, 6.07) is -0.617. The van der Waals surface area contributed by atoms with Crippen molar-refractivity contribution in [2.75, 3.05) is 0 Å². The highest BCUT2D eigenvalue weighted by Crippen LogP contribution is 2.24. The predicted octanol–water partition coefficient (Wildman–Crippen LogP) is 0.388. The maximum absolute atomic E-state index is 10.9. The fourth-order valence-corrected chi connectivity index (χ4v) is 0.927. The minimum Gasteiger partial charge on any atom is -0.319 e. The van der Waals surface area contributed by atoms with Crippen LogP contribution in [0.1, 0.15) is 6.92 Å². The van der Waals surface area contributed by atoms with Crippen LogP contribution < -0.4 is 10.6 Å². The zero-order valence-corrected chi connectivity index (χ0v) is 7.16. The van der Waals surface area contributed by atoms with Crippen molar-refractivity contribution in [3.8, 4) is 0 Å². The molecule has 11 heavy (non-hydrogen) atoms. The van der Waals surface area contributed by atoms with Crippen LogP contribution in [0.4, 0.5) is 4.79 Å². The molecule has 62 valence electrons. The highest BCUT2D eigenvalue weighted by Gasteiger charge is 2.44. The lowest BCUT2D eigenvalue weighted by molar-refractivity contribution is -0.123. The molecule has 0 spiro atoms. The molecule has 4 nitrogen and oxygen atoms in total. The zero-order valence-electron chi connectivity index (χ0n) is 5.65. The molecule has 1 fully saturated rings. The summed E-state index contributed by atoms with van der Waals surface area (Å²) in [5.74, 6) is -0.581. The molecule has 0 saturated carbocycles. The van der Waals surface area contributed by atoms with E-state index in [0.717, 1.165) is 0 Å². The third-order valence-electron chi connectivity index (χ3n) is 1.40. The van der Waals surface area contributed by atoms with E-state index in [1.807, 2.05) is 5.32 Å². The number of amides is 3. The summed E-state index contributed by atoms with van der Waals surface area (Å²) in [7, 11) is 0. The van der Waals surface area contributed by atoms with Crippen molar-refractivity contribution in [2.45, 2.75) is 17.3 Å². The first-order valence-electron chi connectivity index (χ1n) is 2.89. The van der Waals surface area contributed by atoms with Crippen LogP contribution in [-0.2, 0) is 4.79 Å². The van der Waals surface area contributed by atoms with Crippen LogP contribution in [0, 0.1) is 0 Å². The van der Waals surface area contributed by atoms with Gasteiger partial charge in [0, 0.05) is 0 Å². The maximum Gasteiger partial charge on any atom is 0.322 e. The second-order valence-corrected chi connectivity index (χ2v) is 3.59. The number of carbonyl (C=O) groups excluding carboxylic acids is 2. The Labute approximate surface area is 73.2 Å².